The molecule has 0 aliphatic rings. The molecule has 0 aliphatic carbocycles. The number of pyridine rings is 1. The third-order valence-electron chi connectivity index (χ3n) is 3.17. The van der Waals surface area contributed by atoms with E-state index in [1.54, 1.807) is 25.6 Å². The number of ether oxygens (including phenoxy) is 1. The second kappa shape index (κ2) is 6.60. The predicted molar refractivity (Wildman–Crippen MR) is 81.8 cm³/mol. The highest BCUT2D eigenvalue weighted by Crippen LogP contribution is 2.20. The van der Waals surface area contributed by atoms with Crippen molar-refractivity contribution in [3.63, 3.8) is 0 Å². The van der Waals surface area contributed by atoms with Crippen molar-refractivity contribution in [3.05, 3.63) is 53.9 Å². The van der Waals surface area contributed by atoms with E-state index in [0.717, 1.165) is 17.0 Å². The molecular weight excluding hydrogens is 268 g/mol. The van der Waals surface area contributed by atoms with Crippen LogP contribution in [-0.2, 0) is 6.54 Å². The lowest BCUT2D eigenvalue weighted by Gasteiger charge is -2.21. The second-order valence-corrected chi connectivity index (χ2v) is 4.58. The molecule has 2 rings (SSSR count). The van der Waals surface area contributed by atoms with Gasteiger partial charge in [-0.05, 0) is 23.8 Å². The molecule has 110 valence electrons. The molecule has 0 radical (unpaired) electrons. The summed E-state index contributed by atoms with van der Waals surface area (Å²) in [6.07, 6.45) is 3.30. The Morgan fingerprint density at radius 2 is 2.05 bits per heavy atom. The Bertz CT molecular complexity index is 626. The van der Waals surface area contributed by atoms with Crippen LogP contribution in [0.1, 0.15) is 11.1 Å². The number of anilines is 1. The van der Waals surface area contributed by atoms with E-state index in [9.17, 15) is 0 Å². The van der Waals surface area contributed by atoms with E-state index < -0.39 is 0 Å². The van der Waals surface area contributed by atoms with Crippen molar-refractivity contribution in [1.29, 1.82) is 0 Å². The molecule has 1 aromatic heterocycles. The zero-order valence-electron chi connectivity index (χ0n) is 12.0. The summed E-state index contributed by atoms with van der Waals surface area (Å²) >= 11 is 0. The van der Waals surface area contributed by atoms with Crippen molar-refractivity contribution in [3.8, 4) is 5.75 Å². The SMILES string of the molecule is COc1ccc(CN(C)c2cnccc2/C(N)=N/O)cc1. The lowest BCUT2D eigenvalue weighted by atomic mass is 10.1. The Morgan fingerprint density at radius 1 is 1.33 bits per heavy atom. The zero-order chi connectivity index (χ0) is 15.2. The normalized spacial score (nSPS) is 11.2. The first kappa shape index (κ1) is 14.6. The van der Waals surface area contributed by atoms with E-state index in [1.165, 1.54) is 0 Å². The number of methoxy groups -OCH3 is 1. The number of amidine groups is 1. The molecule has 0 saturated carbocycles. The van der Waals surface area contributed by atoms with E-state index >= 15 is 0 Å². The molecule has 0 amide bonds. The Balaban J connectivity index is 2.21. The van der Waals surface area contributed by atoms with Crippen molar-refractivity contribution in [2.24, 2.45) is 10.9 Å². The first-order chi connectivity index (χ1) is 10.2. The van der Waals surface area contributed by atoms with Crippen molar-refractivity contribution in [2.45, 2.75) is 6.54 Å². The van der Waals surface area contributed by atoms with E-state index in [4.69, 9.17) is 15.7 Å². The monoisotopic (exact) mass is 286 g/mol. The van der Waals surface area contributed by atoms with E-state index in [1.807, 2.05) is 36.2 Å². The minimum absolute atomic E-state index is 0.0639. The summed E-state index contributed by atoms with van der Waals surface area (Å²) in [6, 6.07) is 9.53. The fraction of sp³-hybridized carbons (Fsp3) is 0.200. The van der Waals surface area contributed by atoms with Gasteiger partial charge in [-0.3, -0.25) is 4.98 Å². The summed E-state index contributed by atoms with van der Waals surface area (Å²) < 4.78 is 5.14. The smallest absolute Gasteiger partial charge is 0.172 e. The van der Waals surface area contributed by atoms with Gasteiger partial charge in [-0.15, -0.1) is 0 Å². The highest BCUT2D eigenvalue weighted by Gasteiger charge is 2.11. The number of aromatic nitrogens is 1. The highest BCUT2D eigenvalue weighted by molar-refractivity contribution is 6.01. The van der Waals surface area contributed by atoms with Gasteiger partial charge in [0.2, 0.25) is 0 Å². The minimum atomic E-state index is 0.0639. The van der Waals surface area contributed by atoms with Gasteiger partial charge in [0.1, 0.15) is 5.75 Å². The van der Waals surface area contributed by atoms with Crippen LogP contribution in [0.4, 0.5) is 5.69 Å². The summed E-state index contributed by atoms with van der Waals surface area (Å²) in [7, 11) is 3.56. The molecule has 3 N–H and O–H groups in total. The molecule has 0 spiro atoms. The van der Waals surface area contributed by atoms with Crippen LogP contribution in [0.15, 0.2) is 47.9 Å². The van der Waals surface area contributed by atoms with Crippen LogP contribution in [0.5, 0.6) is 5.75 Å². The number of rotatable bonds is 5. The maximum absolute atomic E-state index is 8.85. The first-order valence-electron chi connectivity index (χ1n) is 6.41. The Hall–Kier alpha value is -2.76. The summed E-state index contributed by atoms with van der Waals surface area (Å²) in [4.78, 5) is 6.09. The fourth-order valence-corrected chi connectivity index (χ4v) is 2.05. The average molecular weight is 286 g/mol. The van der Waals surface area contributed by atoms with Gasteiger partial charge in [-0.25, -0.2) is 0 Å². The number of hydrogen-bond acceptors (Lipinski definition) is 5. The number of nitrogens with two attached hydrogens (primary N) is 1. The molecule has 1 aromatic carbocycles. The fourth-order valence-electron chi connectivity index (χ4n) is 2.05. The molecule has 6 nitrogen and oxygen atoms in total. The molecule has 6 heteroatoms. The van der Waals surface area contributed by atoms with Gasteiger partial charge in [-0.2, -0.15) is 0 Å². The molecule has 0 bridgehead atoms. The average Bonchev–Trinajstić information content (AvgIpc) is 2.54. The minimum Gasteiger partial charge on any atom is -0.497 e. The largest absolute Gasteiger partial charge is 0.497 e. The predicted octanol–water partition coefficient (Wildman–Crippen LogP) is 1.82. The quantitative estimate of drug-likeness (QED) is 0.379. The maximum atomic E-state index is 8.85. The lowest BCUT2D eigenvalue weighted by molar-refractivity contribution is 0.318. The van der Waals surface area contributed by atoms with Crippen LogP contribution in [0.3, 0.4) is 0 Å². The van der Waals surface area contributed by atoms with Crippen molar-refractivity contribution in [1.82, 2.24) is 4.98 Å². The van der Waals surface area contributed by atoms with Gasteiger partial charge in [0.05, 0.1) is 19.0 Å². The molecule has 0 aliphatic heterocycles. The highest BCUT2D eigenvalue weighted by atomic mass is 16.5. The van der Waals surface area contributed by atoms with Crippen LogP contribution in [0.2, 0.25) is 0 Å². The standard InChI is InChI=1S/C15H18N4O2/c1-19(10-11-3-5-12(21-2)6-4-11)14-9-17-8-7-13(14)15(16)18-20/h3-9,20H,10H2,1-2H3,(H2,16,18). The van der Waals surface area contributed by atoms with Crippen molar-refractivity contribution in [2.75, 3.05) is 19.1 Å². The van der Waals surface area contributed by atoms with Crippen LogP contribution >= 0.6 is 0 Å². The Labute approximate surface area is 123 Å². The third-order valence-corrected chi connectivity index (χ3v) is 3.17. The Kier molecular flexibility index (Phi) is 4.61. The van der Waals surface area contributed by atoms with Crippen LogP contribution in [0, 0.1) is 0 Å². The van der Waals surface area contributed by atoms with Gasteiger partial charge in [-0.1, -0.05) is 17.3 Å². The van der Waals surface area contributed by atoms with Gasteiger partial charge >= 0.3 is 0 Å². The zero-order valence-corrected chi connectivity index (χ0v) is 12.0. The van der Waals surface area contributed by atoms with Crippen LogP contribution in [0.25, 0.3) is 0 Å². The number of nitrogens with zero attached hydrogens (tertiary/aromatic N) is 3. The van der Waals surface area contributed by atoms with E-state index in [0.29, 0.717) is 12.1 Å². The molecule has 1 heterocycles. The first-order valence-corrected chi connectivity index (χ1v) is 6.41. The maximum Gasteiger partial charge on any atom is 0.172 e. The second-order valence-electron chi connectivity index (χ2n) is 4.58. The number of oxime groups is 1. The molecule has 21 heavy (non-hydrogen) atoms. The number of benzene rings is 1. The third kappa shape index (κ3) is 3.42. The van der Waals surface area contributed by atoms with Crippen molar-refractivity contribution < 1.29 is 9.94 Å². The van der Waals surface area contributed by atoms with Crippen molar-refractivity contribution >= 4 is 11.5 Å². The molecule has 0 fully saturated rings. The number of hydrogen-bond donors (Lipinski definition) is 2. The molecule has 2 aromatic rings. The van der Waals surface area contributed by atoms with Gasteiger partial charge in [0.25, 0.3) is 0 Å². The van der Waals surface area contributed by atoms with Gasteiger partial charge in [0, 0.05) is 25.4 Å². The van der Waals surface area contributed by atoms with Gasteiger partial charge in [0.15, 0.2) is 5.84 Å². The molecule has 0 atom stereocenters. The Morgan fingerprint density at radius 3 is 2.67 bits per heavy atom. The summed E-state index contributed by atoms with van der Waals surface area (Å²) in [5, 5.41) is 11.9. The van der Waals surface area contributed by atoms with E-state index in [-0.39, 0.29) is 5.84 Å². The van der Waals surface area contributed by atoms with Crippen LogP contribution in [-0.4, -0.2) is 30.2 Å². The lowest BCUT2D eigenvalue weighted by Crippen LogP contribution is -2.22. The molecular formula is C15H18N4O2. The van der Waals surface area contributed by atoms with Gasteiger partial charge < -0.3 is 20.6 Å². The molecule has 0 unspecified atom stereocenters. The topological polar surface area (TPSA) is 84.0 Å². The summed E-state index contributed by atoms with van der Waals surface area (Å²) in [5.74, 6) is 0.883. The summed E-state index contributed by atoms with van der Waals surface area (Å²) in [5.41, 5.74) is 8.25. The van der Waals surface area contributed by atoms with E-state index in [2.05, 4.69) is 10.1 Å². The molecule has 0 saturated heterocycles. The van der Waals surface area contributed by atoms with Crippen LogP contribution < -0.4 is 15.4 Å². The summed E-state index contributed by atoms with van der Waals surface area (Å²) in [6.45, 7) is 0.668.